The van der Waals surface area contributed by atoms with Gasteiger partial charge in [-0.25, -0.2) is 4.39 Å². The molecule has 4 aromatic rings. The van der Waals surface area contributed by atoms with Crippen molar-refractivity contribution in [3.05, 3.63) is 108 Å². The number of esters is 1. The third kappa shape index (κ3) is 9.27. The fraction of sp³-hybridized carbons (Fsp3) is 0.289. The summed E-state index contributed by atoms with van der Waals surface area (Å²) in [4.78, 5) is 38.8. The molecule has 0 aliphatic rings. The number of carbonyl (C=O) groups excluding carboxylic acids is 3. The SMILES string of the molecule is COCCOc1ccc(CNC(=O)c2c(-c3ccccc3)c(-c3ccc(F)cc3)c(/C=C/C(=O)C[C@@H](O)CC(=O)OC)n2C(C)C)cc1. The number of ketones is 1. The number of hydrogen-bond acceptors (Lipinski definition) is 7. The molecule has 0 bridgehead atoms. The normalized spacial score (nSPS) is 11.9. The van der Waals surface area contributed by atoms with Crippen molar-refractivity contribution >= 4 is 23.7 Å². The number of allylic oxidation sites excluding steroid dienone is 1. The highest BCUT2D eigenvalue weighted by molar-refractivity contribution is 6.07. The number of aliphatic hydroxyl groups is 1. The highest BCUT2D eigenvalue weighted by Crippen LogP contribution is 2.42. The summed E-state index contributed by atoms with van der Waals surface area (Å²) in [6.45, 7) is 5.00. The number of hydrogen-bond donors (Lipinski definition) is 2. The molecule has 252 valence electrons. The highest BCUT2D eigenvalue weighted by atomic mass is 19.1. The van der Waals surface area contributed by atoms with E-state index >= 15 is 0 Å². The molecular weight excluding hydrogens is 615 g/mol. The van der Waals surface area contributed by atoms with E-state index in [1.807, 2.05) is 73.0 Å². The van der Waals surface area contributed by atoms with Gasteiger partial charge in [-0.15, -0.1) is 0 Å². The van der Waals surface area contributed by atoms with Gasteiger partial charge in [0.05, 0.1) is 31.9 Å². The number of methoxy groups -OCH3 is 2. The summed E-state index contributed by atoms with van der Waals surface area (Å²) in [6.07, 6.45) is 1.11. The largest absolute Gasteiger partial charge is 0.491 e. The Morgan fingerprint density at radius 3 is 2.17 bits per heavy atom. The molecule has 0 aliphatic carbocycles. The van der Waals surface area contributed by atoms with Crippen LogP contribution in [0.15, 0.2) is 84.9 Å². The second kappa shape index (κ2) is 17.2. The smallest absolute Gasteiger partial charge is 0.308 e. The van der Waals surface area contributed by atoms with Crippen LogP contribution in [0.25, 0.3) is 28.3 Å². The first-order chi connectivity index (χ1) is 23.1. The Balaban J connectivity index is 1.79. The first-order valence-electron chi connectivity index (χ1n) is 15.7. The van der Waals surface area contributed by atoms with E-state index in [0.717, 1.165) is 11.1 Å². The molecule has 0 aliphatic heterocycles. The van der Waals surface area contributed by atoms with Crippen LogP contribution in [0, 0.1) is 5.82 Å². The molecule has 0 radical (unpaired) electrons. The number of halogens is 1. The second-order valence-corrected chi connectivity index (χ2v) is 11.4. The van der Waals surface area contributed by atoms with E-state index in [1.165, 1.54) is 25.3 Å². The Labute approximate surface area is 280 Å². The molecule has 0 saturated carbocycles. The molecule has 0 fully saturated rings. The van der Waals surface area contributed by atoms with Gasteiger partial charge in [0, 0.05) is 37.2 Å². The first kappa shape index (κ1) is 35.8. The van der Waals surface area contributed by atoms with Gasteiger partial charge < -0.3 is 29.2 Å². The zero-order valence-electron chi connectivity index (χ0n) is 27.6. The predicted octanol–water partition coefficient (Wildman–Crippen LogP) is 6.39. The highest BCUT2D eigenvalue weighted by Gasteiger charge is 2.29. The zero-order valence-corrected chi connectivity index (χ0v) is 27.6. The summed E-state index contributed by atoms with van der Waals surface area (Å²) in [7, 11) is 2.82. The third-order valence-electron chi connectivity index (χ3n) is 7.60. The standard InChI is InChI=1S/C38H41FN2O7/c1-25(2)41-33(19-16-30(42)22-31(43)23-34(44)47-4)35(28-12-14-29(39)15-13-28)36(27-8-6-5-7-9-27)37(41)38(45)40-24-26-10-17-32(18-11-26)48-21-20-46-3/h5-19,25,31,43H,20-24H2,1-4H3,(H,40,45)/b19-16+/t31-/m1/s1. The predicted molar refractivity (Wildman–Crippen MR) is 182 cm³/mol. The lowest BCUT2D eigenvalue weighted by Crippen LogP contribution is -2.27. The van der Waals surface area contributed by atoms with Crippen molar-refractivity contribution < 1.29 is 38.1 Å². The van der Waals surface area contributed by atoms with E-state index in [9.17, 15) is 23.9 Å². The number of ether oxygens (including phenoxy) is 3. The minimum atomic E-state index is -1.21. The number of nitrogens with one attached hydrogen (secondary N) is 1. The molecule has 1 amide bonds. The molecule has 0 saturated heterocycles. The van der Waals surface area contributed by atoms with Gasteiger partial charge in [-0.05, 0) is 67.0 Å². The van der Waals surface area contributed by atoms with Crippen molar-refractivity contribution in [2.24, 2.45) is 0 Å². The van der Waals surface area contributed by atoms with Crippen LogP contribution in [-0.2, 0) is 25.6 Å². The lowest BCUT2D eigenvalue weighted by atomic mass is 9.94. The minimum absolute atomic E-state index is 0.238. The quantitative estimate of drug-likeness (QED) is 0.0816. The zero-order chi connectivity index (χ0) is 34.6. The molecule has 1 aromatic heterocycles. The molecule has 9 nitrogen and oxygen atoms in total. The van der Waals surface area contributed by atoms with E-state index < -0.39 is 23.7 Å². The number of aliphatic hydroxyl groups excluding tert-OH is 1. The average Bonchev–Trinajstić information content (AvgIpc) is 3.43. The maximum atomic E-state index is 14.2. The van der Waals surface area contributed by atoms with Gasteiger partial charge in [-0.2, -0.15) is 0 Å². The Kier molecular flexibility index (Phi) is 12.8. The third-order valence-corrected chi connectivity index (χ3v) is 7.60. The van der Waals surface area contributed by atoms with Crippen molar-refractivity contribution in [3.8, 4) is 28.0 Å². The van der Waals surface area contributed by atoms with Crippen LogP contribution in [0.1, 0.15) is 54.5 Å². The van der Waals surface area contributed by atoms with E-state index in [-0.39, 0.29) is 31.3 Å². The Hall–Kier alpha value is -5.06. The Morgan fingerprint density at radius 2 is 1.54 bits per heavy atom. The van der Waals surface area contributed by atoms with Crippen molar-refractivity contribution in [3.63, 3.8) is 0 Å². The summed E-state index contributed by atoms with van der Waals surface area (Å²) in [5.41, 5.74) is 4.44. The molecule has 48 heavy (non-hydrogen) atoms. The summed E-state index contributed by atoms with van der Waals surface area (Å²) in [6, 6.07) is 22.6. The Bertz CT molecular complexity index is 1710. The van der Waals surface area contributed by atoms with Crippen LogP contribution in [0.5, 0.6) is 5.75 Å². The number of benzene rings is 3. The molecule has 0 spiro atoms. The van der Waals surface area contributed by atoms with Gasteiger partial charge in [0.15, 0.2) is 5.78 Å². The lowest BCUT2D eigenvalue weighted by molar-refractivity contribution is -0.143. The van der Waals surface area contributed by atoms with Crippen molar-refractivity contribution in [1.29, 1.82) is 0 Å². The molecule has 10 heteroatoms. The fourth-order valence-electron chi connectivity index (χ4n) is 5.36. The molecular formula is C38H41FN2O7. The van der Waals surface area contributed by atoms with Crippen molar-refractivity contribution in [1.82, 2.24) is 9.88 Å². The first-order valence-corrected chi connectivity index (χ1v) is 15.7. The van der Waals surface area contributed by atoms with Crippen LogP contribution >= 0.6 is 0 Å². The van der Waals surface area contributed by atoms with Gasteiger partial charge in [0.25, 0.3) is 5.91 Å². The lowest BCUT2D eigenvalue weighted by Gasteiger charge is -2.17. The molecule has 1 heterocycles. The summed E-state index contributed by atoms with van der Waals surface area (Å²) >= 11 is 0. The van der Waals surface area contributed by atoms with E-state index in [2.05, 4.69) is 10.1 Å². The summed E-state index contributed by atoms with van der Waals surface area (Å²) in [5.74, 6) is -1.11. The number of carbonyl (C=O) groups is 3. The van der Waals surface area contributed by atoms with Crippen LogP contribution in [0.2, 0.25) is 0 Å². The van der Waals surface area contributed by atoms with Crippen LogP contribution in [0.4, 0.5) is 4.39 Å². The number of aromatic nitrogens is 1. The molecule has 0 unspecified atom stereocenters. The van der Waals surface area contributed by atoms with E-state index in [4.69, 9.17) is 9.47 Å². The Morgan fingerprint density at radius 1 is 0.875 bits per heavy atom. The van der Waals surface area contributed by atoms with Crippen molar-refractivity contribution in [2.45, 2.75) is 45.4 Å². The monoisotopic (exact) mass is 656 g/mol. The topological polar surface area (TPSA) is 116 Å². The fourth-order valence-corrected chi connectivity index (χ4v) is 5.36. The number of nitrogens with zero attached hydrogens (tertiary/aromatic N) is 1. The summed E-state index contributed by atoms with van der Waals surface area (Å²) in [5, 5.41) is 13.3. The van der Waals surface area contributed by atoms with E-state index in [1.54, 1.807) is 25.3 Å². The molecule has 2 N–H and O–H groups in total. The van der Waals surface area contributed by atoms with Gasteiger partial charge in [-0.3, -0.25) is 14.4 Å². The average molecular weight is 657 g/mol. The summed E-state index contributed by atoms with van der Waals surface area (Å²) < 4.78 is 31.3. The second-order valence-electron chi connectivity index (χ2n) is 11.4. The maximum Gasteiger partial charge on any atom is 0.308 e. The van der Waals surface area contributed by atoms with Crippen LogP contribution in [-0.4, -0.2) is 60.9 Å². The van der Waals surface area contributed by atoms with E-state index in [0.29, 0.717) is 47.0 Å². The van der Waals surface area contributed by atoms with Crippen LogP contribution in [0.3, 0.4) is 0 Å². The maximum absolute atomic E-state index is 14.2. The van der Waals surface area contributed by atoms with Gasteiger partial charge >= 0.3 is 5.97 Å². The molecule has 1 atom stereocenters. The van der Waals surface area contributed by atoms with Crippen molar-refractivity contribution in [2.75, 3.05) is 27.4 Å². The number of amides is 1. The minimum Gasteiger partial charge on any atom is -0.491 e. The van der Waals surface area contributed by atoms with Gasteiger partial charge in [0.2, 0.25) is 0 Å². The molecule has 4 rings (SSSR count). The molecule has 3 aromatic carbocycles. The number of rotatable bonds is 16. The van der Waals surface area contributed by atoms with Gasteiger partial charge in [0.1, 0.15) is 23.9 Å². The van der Waals surface area contributed by atoms with Gasteiger partial charge in [-0.1, -0.05) is 54.6 Å². The van der Waals surface area contributed by atoms with Crippen LogP contribution < -0.4 is 10.1 Å².